The van der Waals surface area contributed by atoms with E-state index in [0.717, 1.165) is 16.7 Å². The molecule has 0 N–H and O–H groups in total. The first-order valence-electron chi connectivity index (χ1n) is 16.3. The Hall–Kier alpha value is -5.74. The predicted molar refractivity (Wildman–Crippen MR) is 191 cm³/mol. The van der Waals surface area contributed by atoms with Crippen LogP contribution in [-0.4, -0.2) is 57.0 Å². The highest BCUT2D eigenvalue weighted by Gasteiger charge is 2.47. The fraction of sp³-hybridized carbons (Fsp3) is 0.175. The molecule has 0 unspecified atom stereocenters. The average molecular weight is 684 g/mol. The number of hydrogen-bond donors (Lipinski definition) is 0. The third-order valence-corrected chi connectivity index (χ3v) is 11.0. The van der Waals surface area contributed by atoms with Crippen molar-refractivity contribution in [2.75, 3.05) is 13.1 Å². The summed E-state index contributed by atoms with van der Waals surface area (Å²) >= 11 is 1.75. The van der Waals surface area contributed by atoms with E-state index in [2.05, 4.69) is 36.4 Å². The van der Waals surface area contributed by atoms with Gasteiger partial charge >= 0.3 is 6.09 Å². The number of ether oxygens (including phenoxy) is 1. The van der Waals surface area contributed by atoms with Crippen molar-refractivity contribution in [2.24, 2.45) is 0 Å². The maximum absolute atomic E-state index is 13.9. The maximum atomic E-state index is 13.9. The minimum atomic E-state index is -0.646. The van der Waals surface area contributed by atoms with E-state index in [-0.39, 0.29) is 35.9 Å². The average Bonchev–Trinajstić information content (AvgIpc) is 3.67. The van der Waals surface area contributed by atoms with E-state index < -0.39 is 21.8 Å². The molecule has 9 nitrogen and oxygen atoms in total. The number of carbonyl (C=O) groups excluding carboxylic acids is 3. The van der Waals surface area contributed by atoms with Gasteiger partial charge in [0.2, 0.25) is 0 Å². The summed E-state index contributed by atoms with van der Waals surface area (Å²) in [5.41, 5.74) is 4.49. The van der Waals surface area contributed by atoms with Crippen molar-refractivity contribution in [3.8, 4) is 0 Å². The normalized spacial score (nSPS) is 17.1. The summed E-state index contributed by atoms with van der Waals surface area (Å²) in [5.74, 6) is -0.763. The quantitative estimate of drug-likeness (QED) is 0.0642. The third-order valence-electron chi connectivity index (χ3n) is 9.28. The van der Waals surface area contributed by atoms with Gasteiger partial charge in [0.25, 0.3) is 17.5 Å². The molecular weight excluding hydrogens is 651 g/mol. The Morgan fingerprint density at radius 1 is 0.740 bits per heavy atom. The van der Waals surface area contributed by atoms with Crippen molar-refractivity contribution < 1.29 is 24.0 Å². The summed E-state index contributed by atoms with van der Waals surface area (Å²) in [5, 5.41) is 11.0. The molecule has 5 aromatic carbocycles. The summed E-state index contributed by atoms with van der Waals surface area (Å²) in [6.45, 7) is 0.240. The van der Waals surface area contributed by atoms with Crippen LogP contribution in [0.2, 0.25) is 0 Å². The van der Waals surface area contributed by atoms with Crippen LogP contribution < -0.4 is 0 Å². The van der Waals surface area contributed by atoms with E-state index >= 15 is 0 Å². The number of nitro groups is 1. The van der Waals surface area contributed by atoms with E-state index in [9.17, 15) is 24.5 Å². The minimum Gasteiger partial charge on any atom is -0.445 e. The van der Waals surface area contributed by atoms with Crippen molar-refractivity contribution in [1.82, 2.24) is 9.80 Å². The first-order valence-corrected chi connectivity index (χ1v) is 17.2. The number of imide groups is 1. The van der Waals surface area contributed by atoms with E-state index in [1.54, 1.807) is 53.1 Å². The molecule has 50 heavy (non-hydrogen) atoms. The second kappa shape index (κ2) is 14.0. The molecule has 2 aliphatic heterocycles. The van der Waals surface area contributed by atoms with Gasteiger partial charge in [-0.05, 0) is 52.9 Å². The summed E-state index contributed by atoms with van der Waals surface area (Å²) in [4.78, 5) is 54.2. The first kappa shape index (κ1) is 32.8. The highest BCUT2D eigenvalue weighted by Crippen LogP contribution is 2.52. The molecule has 0 bridgehead atoms. The van der Waals surface area contributed by atoms with Gasteiger partial charge in [0, 0.05) is 30.5 Å². The van der Waals surface area contributed by atoms with Gasteiger partial charge < -0.3 is 9.64 Å². The highest BCUT2D eigenvalue weighted by molar-refractivity contribution is 8.01. The Balaban J connectivity index is 1.22. The van der Waals surface area contributed by atoms with Crippen molar-refractivity contribution in [1.29, 1.82) is 0 Å². The lowest BCUT2D eigenvalue weighted by Gasteiger charge is -2.37. The number of benzene rings is 5. The van der Waals surface area contributed by atoms with E-state index in [1.165, 1.54) is 17.0 Å². The zero-order valence-corrected chi connectivity index (χ0v) is 27.8. The number of non-ortho nitro benzene ring substituents is 1. The fourth-order valence-corrected chi connectivity index (χ4v) is 8.76. The molecule has 10 heteroatoms. The zero-order valence-electron chi connectivity index (χ0n) is 27.0. The lowest BCUT2D eigenvalue weighted by Crippen LogP contribution is -2.45. The molecule has 0 aliphatic carbocycles. The molecule has 7 rings (SSSR count). The van der Waals surface area contributed by atoms with Gasteiger partial charge in [-0.3, -0.25) is 24.6 Å². The SMILES string of the molecule is O=C1c2ccccc2C(=O)N1C[C@@H]1C[C@H](SC(c2ccccc2)(c2ccccc2)c2ccccc2)CN1C(=O)OCc1ccc([N+](=O)[O-])cc1. The van der Waals surface area contributed by atoms with Crippen molar-refractivity contribution in [3.05, 3.63) is 183 Å². The van der Waals surface area contributed by atoms with Crippen LogP contribution in [-0.2, 0) is 16.1 Å². The molecule has 2 atom stereocenters. The number of fused-ring (bicyclic) bond motifs is 1. The fourth-order valence-electron chi connectivity index (χ4n) is 6.89. The smallest absolute Gasteiger partial charge is 0.410 e. The van der Waals surface area contributed by atoms with Gasteiger partial charge in [-0.15, -0.1) is 11.8 Å². The molecule has 2 heterocycles. The lowest BCUT2D eigenvalue weighted by atomic mass is 9.84. The minimum absolute atomic E-state index is 0.0189. The van der Waals surface area contributed by atoms with Crippen LogP contribution in [0.3, 0.4) is 0 Å². The predicted octanol–water partition coefficient (Wildman–Crippen LogP) is 7.70. The standard InChI is InChI=1S/C40H33N3O6S/c44-37-35-18-10-11-19-36(35)38(45)42(37)25-33-24-34(26-41(33)39(46)49-27-28-20-22-32(23-21-28)43(47)48)50-40(29-12-4-1-5-13-29,30-14-6-2-7-15-30)31-16-8-3-9-17-31/h1-23,33-34H,24-27H2/t33-,34-/m0/s1. The van der Waals surface area contributed by atoms with Crippen molar-refractivity contribution in [2.45, 2.75) is 29.1 Å². The van der Waals surface area contributed by atoms with Crippen LogP contribution in [0.15, 0.2) is 140 Å². The summed E-state index contributed by atoms with van der Waals surface area (Å²) in [7, 11) is 0. The van der Waals surface area contributed by atoms with Crippen molar-refractivity contribution in [3.63, 3.8) is 0 Å². The van der Waals surface area contributed by atoms with Gasteiger partial charge in [0.15, 0.2) is 0 Å². The number of carbonyl (C=O) groups is 3. The van der Waals surface area contributed by atoms with Gasteiger partial charge in [-0.25, -0.2) is 4.79 Å². The van der Waals surface area contributed by atoms with E-state index in [1.807, 2.05) is 54.6 Å². The van der Waals surface area contributed by atoms with Crippen LogP contribution in [0.4, 0.5) is 10.5 Å². The van der Waals surface area contributed by atoms with Gasteiger partial charge in [0.1, 0.15) is 6.61 Å². The number of nitro benzene ring substituents is 1. The topological polar surface area (TPSA) is 110 Å². The largest absolute Gasteiger partial charge is 0.445 e. The number of hydrogen-bond acceptors (Lipinski definition) is 7. The number of likely N-dealkylation sites (tertiary alicyclic amines) is 1. The van der Waals surface area contributed by atoms with E-state index in [0.29, 0.717) is 29.7 Å². The molecule has 5 aromatic rings. The molecule has 2 aliphatic rings. The Morgan fingerprint density at radius 3 is 1.70 bits per heavy atom. The Morgan fingerprint density at radius 2 is 1.22 bits per heavy atom. The molecule has 0 radical (unpaired) electrons. The second-order valence-electron chi connectivity index (χ2n) is 12.3. The second-order valence-corrected chi connectivity index (χ2v) is 13.8. The molecule has 250 valence electrons. The number of thioether (sulfide) groups is 1. The molecule has 0 saturated carbocycles. The summed E-state index contributed by atoms with van der Waals surface area (Å²) < 4.78 is 5.13. The molecule has 1 saturated heterocycles. The molecule has 0 aromatic heterocycles. The lowest BCUT2D eigenvalue weighted by molar-refractivity contribution is -0.384. The number of nitrogens with zero attached hydrogens (tertiary/aromatic N) is 3. The number of amides is 3. The molecular formula is C40H33N3O6S. The number of rotatable bonds is 10. The highest BCUT2D eigenvalue weighted by atomic mass is 32.2. The summed E-state index contributed by atoms with van der Waals surface area (Å²) in [6, 6.07) is 42.9. The monoisotopic (exact) mass is 683 g/mol. The van der Waals surface area contributed by atoms with Crippen LogP contribution in [0.1, 0.15) is 49.4 Å². The van der Waals surface area contributed by atoms with Crippen molar-refractivity contribution >= 4 is 35.4 Å². The van der Waals surface area contributed by atoms with E-state index in [4.69, 9.17) is 4.74 Å². The van der Waals surface area contributed by atoms with Crippen LogP contribution in [0, 0.1) is 10.1 Å². The van der Waals surface area contributed by atoms with Gasteiger partial charge in [0.05, 0.1) is 26.8 Å². The van der Waals surface area contributed by atoms with Crippen LogP contribution >= 0.6 is 11.8 Å². The molecule has 1 fully saturated rings. The first-order chi connectivity index (χ1) is 24.3. The summed E-state index contributed by atoms with van der Waals surface area (Å²) in [6.07, 6.45) is -0.0864. The Labute approximate surface area is 293 Å². The van der Waals surface area contributed by atoms with Gasteiger partial charge in [-0.1, -0.05) is 103 Å². The zero-order chi connectivity index (χ0) is 34.7. The van der Waals surface area contributed by atoms with Crippen LogP contribution in [0.25, 0.3) is 0 Å². The van der Waals surface area contributed by atoms with Crippen LogP contribution in [0.5, 0.6) is 0 Å². The van der Waals surface area contributed by atoms with Gasteiger partial charge in [-0.2, -0.15) is 0 Å². The molecule has 0 spiro atoms. The maximum Gasteiger partial charge on any atom is 0.410 e. The third kappa shape index (κ3) is 6.25. The Kier molecular flexibility index (Phi) is 9.19. The Bertz CT molecular complexity index is 1890. The molecule has 3 amide bonds.